The van der Waals surface area contributed by atoms with Crippen LogP contribution in [0.5, 0.6) is 5.75 Å². The van der Waals surface area contributed by atoms with Crippen LogP contribution >= 0.6 is 0 Å². The minimum absolute atomic E-state index is 0.248. The summed E-state index contributed by atoms with van der Waals surface area (Å²) in [5.74, 6) is 1.03. The Morgan fingerprint density at radius 1 is 1.08 bits per heavy atom. The zero-order valence-corrected chi connectivity index (χ0v) is 14.6. The van der Waals surface area contributed by atoms with Crippen molar-refractivity contribution in [2.75, 3.05) is 12.4 Å². The molecule has 5 heteroatoms. The van der Waals surface area contributed by atoms with Crippen LogP contribution in [0.2, 0.25) is 0 Å². The normalized spacial score (nSPS) is 11.9. The zero-order valence-electron chi connectivity index (χ0n) is 13.7. The van der Waals surface area contributed by atoms with E-state index in [0.29, 0.717) is 18.1 Å². The van der Waals surface area contributed by atoms with E-state index in [1.165, 1.54) is 0 Å². The van der Waals surface area contributed by atoms with Crippen molar-refractivity contribution in [3.05, 3.63) is 65.2 Å². The van der Waals surface area contributed by atoms with Crippen LogP contribution in [-0.4, -0.2) is 27.6 Å². The van der Waals surface area contributed by atoms with E-state index in [9.17, 15) is 9.00 Å². The fraction of sp³-hybridized carbons (Fsp3) is 0.316. The maximum Gasteiger partial charge on any atom is 0.335 e. The van der Waals surface area contributed by atoms with Gasteiger partial charge in [0, 0.05) is 22.3 Å². The summed E-state index contributed by atoms with van der Waals surface area (Å²) in [6, 6.07) is 14.4. The second kappa shape index (κ2) is 9.23. The molecule has 0 heterocycles. The Balaban J connectivity index is 1.66. The third-order valence-electron chi connectivity index (χ3n) is 3.65. The lowest BCUT2D eigenvalue weighted by molar-refractivity contribution is 0.0697. The highest BCUT2D eigenvalue weighted by Gasteiger charge is 2.05. The van der Waals surface area contributed by atoms with Gasteiger partial charge in [0.1, 0.15) is 5.75 Å². The first-order valence-electron chi connectivity index (χ1n) is 7.92. The topological polar surface area (TPSA) is 63.6 Å². The molecule has 1 N–H and O–H groups in total. The van der Waals surface area contributed by atoms with Gasteiger partial charge < -0.3 is 9.84 Å². The van der Waals surface area contributed by atoms with Crippen molar-refractivity contribution in [1.82, 2.24) is 0 Å². The van der Waals surface area contributed by atoms with Crippen LogP contribution in [-0.2, 0) is 16.6 Å². The second-order valence-electron chi connectivity index (χ2n) is 5.61. The zero-order chi connectivity index (χ0) is 17.4. The number of unbranched alkanes of at least 4 members (excludes halogenated alkanes) is 1. The first kappa shape index (κ1) is 18.2. The maximum absolute atomic E-state index is 12.1. The minimum atomic E-state index is -0.948. The van der Waals surface area contributed by atoms with E-state index >= 15 is 0 Å². The summed E-state index contributed by atoms with van der Waals surface area (Å²) in [7, 11) is -0.944. The molecule has 1 atom stereocenters. The lowest BCUT2D eigenvalue weighted by Gasteiger charge is -2.08. The second-order valence-corrected chi connectivity index (χ2v) is 7.19. The SMILES string of the molecule is Cc1ccccc1OCCCCS(=O)Cc1ccc(C(=O)O)cc1. The standard InChI is InChI=1S/C19H22O4S/c1-15-6-2-3-7-18(15)23-12-4-5-13-24(22)14-16-8-10-17(11-9-16)19(20)21/h2-3,6-11H,4-5,12-14H2,1H3,(H,20,21). The molecular weight excluding hydrogens is 324 g/mol. The molecule has 0 aliphatic carbocycles. The monoisotopic (exact) mass is 346 g/mol. The van der Waals surface area contributed by atoms with Gasteiger partial charge in [0.05, 0.1) is 12.2 Å². The van der Waals surface area contributed by atoms with Crippen molar-refractivity contribution in [3.63, 3.8) is 0 Å². The molecule has 2 aromatic rings. The number of rotatable bonds is 9. The van der Waals surface area contributed by atoms with E-state index < -0.39 is 16.8 Å². The highest BCUT2D eigenvalue weighted by molar-refractivity contribution is 7.84. The van der Waals surface area contributed by atoms with Gasteiger partial charge in [0.2, 0.25) is 0 Å². The van der Waals surface area contributed by atoms with E-state index in [2.05, 4.69) is 0 Å². The Kier molecular flexibility index (Phi) is 7.00. The Morgan fingerprint density at radius 3 is 2.46 bits per heavy atom. The molecule has 0 aliphatic rings. The third-order valence-corrected chi connectivity index (χ3v) is 5.05. The van der Waals surface area contributed by atoms with Crippen LogP contribution in [0.25, 0.3) is 0 Å². The average molecular weight is 346 g/mol. The molecule has 0 aromatic heterocycles. The number of hydrogen-bond acceptors (Lipinski definition) is 3. The van der Waals surface area contributed by atoms with Crippen molar-refractivity contribution < 1.29 is 18.8 Å². The molecule has 24 heavy (non-hydrogen) atoms. The number of aryl methyl sites for hydroxylation is 1. The number of ether oxygens (including phenoxy) is 1. The third kappa shape index (κ3) is 5.81. The van der Waals surface area contributed by atoms with Gasteiger partial charge in [-0.15, -0.1) is 0 Å². The van der Waals surface area contributed by atoms with Crippen molar-refractivity contribution in [2.45, 2.75) is 25.5 Å². The quantitative estimate of drug-likeness (QED) is 0.702. The van der Waals surface area contributed by atoms with Gasteiger partial charge in [-0.25, -0.2) is 4.79 Å². The summed E-state index contributed by atoms with van der Waals surface area (Å²) in [6.07, 6.45) is 1.70. The Morgan fingerprint density at radius 2 is 1.79 bits per heavy atom. The summed E-state index contributed by atoms with van der Waals surface area (Å²) in [5.41, 5.74) is 2.26. The van der Waals surface area contributed by atoms with Crippen molar-refractivity contribution in [1.29, 1.82) is 0 Å². The van der Waals surface area contributed by atoms with Gasteiger partial charge in [-0.05, 0) is 49.1 Å². The predicted octanol–water partition coefficient (Wildman–Crippen LogP) is 3.80. The van der Waals surface area contributed by atoms with Gasteiger partial charge in [-0.3, -0.25) is 4.21 Å². The molecule has 0 spiro atoms. The van der Waals surface area contributed by atoms with Crippen LogP contribution in [0, 0.1) is 6.92 Å². The molecule has 2 rings (SSSR count). The molecule has 0 saturated carbocycles. The number of aromatic carboxylic acids is 1. The van der Waals surface area contributed by atoms with E-state index in [1.54, 1.807) is 24.3 Å². The molecule has 128 valence electrons. The van der Waals surface area contributed by atoms with Crippen molar-refractivity contribution in [2.24, 2.45) is 0 Å². The summed E-state index contributed by atoms with van der Waals surface area (Å²) in [6.45, 7) is 2.63. The fourth-order valence-electron chi connectivity index (χ4n) is 2.27. The largest absolute Gasteiger partial charge is 0.493 e. The van der Waals surface area contributed by atoms with E-state index in [4.69, 9.17) is 9.84 Å². The molecule has 0 amide bonds. The van der Waals surface area contributed by atoms with Gasteiger partial charge in [0.25, 0.3) is 0 Å². The summed E-state index contributed by atoms with van der Waals surface area (Å²) in [5, 5.41) is 8.85. The lowest BCUT2D eigenvalue weighted by atomic mass is 10.1. The Labute approximate surface area is 144 Å². The fourth-order valence-corrected chi connectivity index (χ4v) is 3.50. The summed E-state index contributed by atoms with van der Waals surface area (Å²) in [4.78, 5) is 10.8. The summed E-state index contributed by atoms with van der Waals surface area (Å²) < 4.78 is 17.8. The molecule has 0 aliphatic heterocycles. The Bertz CT molecular complexity index is 695. The molecule has 2 aromatic carbocycles. The van der Waals surface area contributed by atoms with Gasteiger partial charge >= 0.3 is 5.97 Å². The highest BCUT2D eigenvalue weighted by atomic mass is 32.2. The van der Waals surface area contributed by atoms with Crippen LogP contribution < -0.4 is 4.74 Å². The number of benzene rings is 2. The van der Waals surface area contributed by atoms with Crippen molar-refractivity contribution in [3.8, 4) is 5.75 Å². The molecule has 1 unspecified atom stereocenters. The van der Waals surface area contributed by atoms with E-state index in [-0.39, 0.29) is 5.56 Å². The van der Waals surface area contributed by atoms with Gasteiger partial charge in [0.15, 0.2) is 0 Å². The number of para-hydroxylation sites is 1. The number of carbonyl (C=O) groups is 1. The number of hydrogen-bond donors (Lipinski definition) is 1. The van der Waals surface area contributed by atoms with Gasteiger partial charge in [-0.1, -0.05) is 30.3 Å². The van der Waals surface area contributed by atoms with Crippen molar-refractivity contribution >= 4 is 16.8 Å². The Hall–Kier alpha value is -2.14. The average Bonchev–Trinajstić information content (AvgIpc) is 2.56. The minimum Gasteiger partial charge on any atom is -0.493 e. The molecule has 0 radical (unpaired) electrons. The molecular formula is C19H22O4S. The number of carboxylic acid groups (broad SMARTS) is 1. The lowest BCUT2D eigenvalue weighted by Crippen LogP contribution is -2.05. The van der Waals surface area contributed by atoms with E-state index in [1.807, 2.05) is 31.2 Å². The summed E-state index contributed by atoms with van der Waals surface area (Å²) >= 11 is 0. The molecule has 0 saturated heterocycles. The number of carboxylic acids is 1. The first-order chi connectivity index (χ1) is 11.6. The first-order valence-corrected chi connectivity index (χ1v) is 9.40. The molecule has 0 bridgehead atoms. The maximum atomic E-state index is 12.1. The highest BCUT2D eigenvalue weighted by Crippen LogP contribution is 2.16. The molecule has 4 nitrogen and oxygen atoms in total. The predicted molar refractivity (Wildman–Crippen MR) is 96.0 cm³/mol. The van der Waals surface area contributed by atoms with Crippen LogP contribution in [0.15, 0.2) is 48.5 Å². The molecule has 0 fully saturated rings. The van der Waals surface area contributed by atoms with Gasteiger partial charge in [-0.2, -0.15) is 0 Å². The van der Waals surface area contributed by atoms with Crippen LogP contribution in [0.1, 0.15) is 34.3 Å². The van der Waals surface area contributed by atoms with Crippen LogP contribution in [0.3, 0.4) is 0 Å². The smallest absolute Gasteiger partial charge is 0.335 e. The van der Waals surface area contributed by atoms with E-state index in [0.717, 1.165) is 29.7 Å². The van der Waals surface area contributed by atoms with Crippen LogP contribution in [0.4, 0.5) is 0 Å².